The molecule has 1 aromatic carbocycles. The summed E-state index contributed by atoms with van der Waals surface area (Å²) in [5.41, 5.74) is 1.65. The summed E-state index contributed by atoms with van der Waals surface area (Å²) >= 11 is 0. The number of carbonyl (C=O) groups excluding carboxylic acids is 1. The number of anilines is 1. The second-order valence-corrected chi connectivity index (χ2v) is 4.91. The summed E-state index contributed by atoms with van der Waals surface area (Å²) in [7, 11) is 0. The molecule has 0 radical (unpaired) electrons. The average molecular weight is 304 g/mol. The van der Waals surface area contributed by atoms with Crippen LogP contribution in [0.1, 0.15) is 37.2 Å². The Hall–Kier alpha value is -2.57. The van der Waals surface area contributed by atoms with Crippen molar-refractivity contribution < 1.29 is 14.1 Å². The van der Waals surface area contributed by atoms with Crippen molar-refractivity contribution >= 4 is 11.7 Å². The highest BCUT2D eigenvalue weighted by molar-refractivity contribution is 5.89. The molecule has 7 heteroatoms. The molecule has 22 heavy (non-hydrogen) atoms. The van der Waals surface area contributed by atoms with Crippen LogP contribution in [-0.4, -0.2) is 22.8 Å². The van der Waals surface area contributed by atoms with Gasteiger partial charge in [0.05, 0.1) is 6.61 Å². The molecule has 2 amide bonds. The predicted molar refractivity (Wildman–Crippen MR) is 82.0 cm³/mol. The maximum absolute atomic E-state index is 12.0. The summed E-state index contributed by atoms with van der Waals surface area (Å²) < 4.78 is 10.5. The Labute approximate surface area is 129 Å². The Morgan fingerprint density at radius 2 is 2.18 bits per heavy atom. The van der Waals surface area contributed by atoms with Crippen LogP contribution in [0, 0.1) is 13.8 Å². The maximum atomic E-state index is 12.0. The third kappa shape index (κ3) is 3.97. The number of ether oxygens (including phenoxy) is 1. The van der Waals surface area contributed by atoms with Gasteiger partial charge in [0.25, 0.3) is 0 Å². The SMILES string of the molecule is CCOc1ccc(NC(=O)NC(C)c2nc(C)no2)cc1C. The summed E-state index contributed by atoms with van der Waals surface area (Å²) in [6, 6.07) is 4.77. The number of hydrogen-bond acceptors (Lipinski definition) is 5. The molecular weight excluding hydrogens is 284 g/mol. The number of amides is 2. The molecule has 1 heterocycles. The van der Waals surface area contributed by atoms with E-state index in [4.69, 9.17) is 9.26 Å². The van der Waals surface area contributed by atoms with Gasteiger partial charge in [0.2, 0.25) is 5.89 Å². The number of nitrogens with one attached hydrogen (secondary N) is 2. The third-order valence-electron chi connectivity index (χ3n) is 2.99. The number of carbonyl (C=O) groups is 1. The van der Waals surface area contributed by atoms with Crippen LogP contribution in [-0.2, 0) is 0 Å². The molecule has 0 saturated carbocycles. The second-order valence-electron chi connectivity index (χ2n) is 4.91. The largest absolute Gasteiger partial charge is 0.494 e. The van der Waals surface area contributed by atoms with E-state index in [1.54, 1.807) is 19.9 Å². The topological polar surface area (TPSA) is 89.3 Å². The Morgan fingerprint density at radius 3 is 2.77 bits per heavy atom. The summed E-state index contributed by atoms with van der Waals surface area (Å²) in [5, 5.41) is 9.20. The molecule has 118 valence electrons. The van der Waals surface area contributed by atoms with Crippen molar-refractivity contribution in [3.63, 3.8) is 0 Å². The van der Waals surface area contributed by atoms with Crippen molar-refractivity contribution in [2.24, 2.45) is 0 Å². The van der Waals surface area contributed by atoms with Gasteiger partial charge in [-0.1, -0.05) is 5.16 Å². The maximum Gasteiger partial charge on any atom is 0.319 e. The minimum atomic E-state index is -0.370. The first kappa shape index (κ1) is 15.8. The van der Waals surface area contributed by atoms with Gasteiger partial charge >= 0.3 is 6.03 Å². The van der Waals surface area contributed by atoms with E-state index in [-0.39, 0.29) is 12.1 Å². The number of aromatic nitrogens is 2. The Morgan fingerprint density at radius 1 is 1.41 bits per heavy atom. The lowest BCUT2D eigenvalue weighted by atomic mass is 10.2. The van der Waals surface area contributed by atoms with E-state index in [2.05, 4.69) is 20.8 Å². The van der Waals surface area contributed by atoms with E-state index in [0.29, 0.717) is 24.0 Å². The van der Waals surface area contributed by atoms with Crippen LogP contribution in [0.4, 0.5) is 10.5 Å². The first-order valence-corrected chi connectivity index (χ1v) is 7.10. The van der Waals surface area contributed by atoms with Gasteiger partial charge in [-0.3, -0.25) is 0 Å². The van der Waals surface area contributed by atoms with Crippen molar-refractivity contribution in [2.75, 3.05) is 11.9 Å². The molecule has 2 aromatic rings. The van der Waals surface area contributed by atoms with Crippen LogP contribution >= 0.6 is 0 Å². The van der Waals surface area contributed by atoms with Crippen molar-refractivity contribution in [3.8, 4) is 5.75 Å². The predicted octanol–water partition coefficient (Wildman–Crippen LogP) is 2.97. The zero-order valence-electron chi connectivity index (χ0n) is 13.1. The molecule has 1 unspecified atom stereocenters. The molecule has 7 nitrogen and oxygen atoms in total. The van der Waals surface area contributed by atoms with Gasteiger partial charge in [0.1, 0.15) is 11.8 Å². The van der Waals surface area contributed by atoms with Crippen LogP contribution in [0.2, 0.25) is 0 Å². The van der Waals surface area contributed by atoms with Gasteiger partial charge in [0, 0.05) is 5.69 Å². The van der Waals surface area contributed by atoms with Crippen LogP contribution in [0.15, 0.2) is 22.7 Å². The molecule has 0 aliphatic rings. The lowest BCUT2D eigenvalue weighted by molar-refractivity contribution is 0.245. The second kappa shape index (κ2) is 6.93. The molecule has 0 aliphatic heterocycles. The monoisotopic (exact) mass is 304 g/mol. The summed E-state index contributed by atoms with van der Waals surface area (Å²) in [5.74, 6) is 1.71. The van der Waals surface area contributed by atoms with Gasteiger partial charge < -0.3 is 19.9 Å². The van der Waals surface area contributed by atoms with Gasteiger partial charge in [0.15, 0.2) is 5.82 Å². The zero-order valence-corrected chi connectivity index (χ0v) is 13.1. The number of hydrogen-bond donors (Lipinski definition) is 2. The molecule has 1 aromatic heterocycles. The minimum absolute atomic E-state index is 0.341. The average Bonchev–Trinajstić information content (AvgIpc) is 2.88. The summed E-state index contributed by atoms with van der Waals surface area (Å²) in [4.78, 5) is 16.1. The van der Waals surface area contributed by atoms with Crippen molar-refractivity contribution in [1.82, 2.24) is 15.5 Å². The van der Waals surface area contributed by atoms with Gasteiger partial charge in [-0.15, -0.1) is 0 Å². The van der Waals surface area contributed by atoms with Crippen molar-refractivity contribution in [2.45, 2.75) is 33.7 Å². The van der Waals surface area contributed by atoms with E-state index in [9.17, 15) is 4.79 Å². The van der Waals surface area contributed by atoms with Crippen LogP contribution < -0.4 is 15.4 Å². The highest BCUT2D eigenvalue weighted by Crippen LogP contribution is 2.22. The highest BCUT2D eigenvalue weighted by atomic mass is 16.5. The Bertz CT molecular complexity index is 654. The van der Waals surface area contributed by atoms with E-state index < -0.39 is 0 Å². The van der Waals surface area contributed by atoms with Crippen LogP contribution in [0.3, 0.4) is 0 Å². The smallest absolute Gasteiger partial charge is 0.319 e. The van der Waals surface area contributed by atoms with Crippen LogP contribution in [0.25, 0.3) is 0 Å². The molecule has 0 fully saturated rings. The molecule has 0 spiro atoms. The lowest BCUT2D eigenvalue weighted by Gasteiger charge is -2.13. The standard InChI is InChI=1S/C15H20N4O3/c1-5-21-13-7-6-12(8-9(13)2)18-15(20)16-10(3)14-17-11(4)19-22-14/h6-8,10H,5H2,1-4H3,(H2,16,18,20). The molecule has 0 saturated heterocycles. The van der Waals surface area contributed by atoms with Gasteiger partial charge in [-0.2, -0.15) is 4.98 Å². The van der Waals surface area contributed by atoms with Gasteiger partial charge in [-0.25, -0.2) is 4.79 Å². The molecular formula is C15H20N4O3. The fourth-order valence-electron chi connectivity index (χ4n) is 1.96. The number of rotatable bonds is 5. The fourth-order valence-corrected chi connectivity index (χ4v) is 1.96. The first-order valence-electron chi connectivity index (χ1n) is 7.10. The zero-order chi connectivity index (χ0) is 16.1. The van der Waals surface area contributed by atoms with Gasteiger partial charge in [-0.05, 0) is 51.5 Å². The molecule has 0 aliphatic carbocycles. The van der Waals surface area contributed by atoms with E-state index in [1.165, 1.54) is 0 Å². The molecule has 1 atom stereocenters. The number of aryl methyl sites for hydroxylation is 2. The highest BCUT2D eigenvalue weighted by Gasteiger charge is 2.15. The first-order chi connectivity index (χ1) is 10.5. The fraction of sp³-hybridized carbons (Fsp3) is 0.400. The summed E-state index contributed by atoms with van der Waals surface area (Å²) in [6.45, 7) is 7.96. The third-order valence-corrected chi connectivity index (χ3v) is 2.99. The van der Waals surface area contributed by atoms with Crippen LogP contribution in [0.5, 0.6) is 5.75 Å². The summed E-state index contributed by atoms with van der Waals surface area (Å²) in [6.07, 6.45) is 0. The van der Waals surface area contributed by atoms with E-state index in [1.807, 2.05) is 26.0 Å². The van der Waals surface area contributed by atoms with Crippen molar-refractivity contribution in [1.29, 1.82) is 0 Å². The number of nitrogens with zero attached hydrogens (tertiary/aromatic N) is 2. The minimum Gasteiger partial charge on any atom is -0.494 e. The number of benzene rings is 1. The molecule has 0 bridgehead atoms. The Kier molecular flexibility index (Phi) is 4.98. The molecule has 2 rings (SSSR count). The molecule has 2 N–H and O–H groups in total. The van der Waals surface area contributed by atoms with E-state index in [0.717, 1.165) is 11.3 Å². The van der Waals surface area contributed by atoms with E-state index >= 15 is 0 Å². The number of urea groups is 1. The quantitative estimate of drug-likeness (QED) is 0.886. The Balaban J connectivity index is 1.95. The van der Waals surface area contributed by atoms with Crippen molar-refractivity contribution in [3.05, 3.63) is 35.5 Å². The lowest BCUT2D eigenvalue weighted by Crippen LogP contribution is -2.31. The normalized spacial score (nSPS) is 11.8.